The van der Waals surface area contributed by atoms with Crippen LogP contribution in [0.15, 0.2) is 0 Å². The molecule has 0 fully saturated rings. The quantitative estimate of drug-likeness (QED) is 0.624. The number of ether oxygens (including phenoxy) is 1. The van der Waals surface area contributed by atoms with Crippen LogP contribution in [0.5, 0.6) is 0 Å². The summed E-state index contributed by atoms with van der Waals surface area (Å²) < 4.78 is 5.18. The van der Waals surface area contributed by atoms with Gasteiger partial charge in [-0.15, -0.1) is 0 Å². The normalized spacial score (nSPS) is 13.8. The second-order valence-electron chi connectivity index (χ2n) is 4.00. The molecule has 0 spiro atoms. The number of nitrogens with one attached hydrogen (secondary N) is 1. The highest BCUT2D eigenvalue weighted by atomic mass is 16.6. The molecule has 0 heterocycles. The van der Waals surface area contributed by atoms with Gasteiger partial charge in [0.05, 0.1) is 12.5 Å². The average molecular weight is 203 g/mol. The third-order valence-corrected chi connectivity index (χ3v) is 2.08. The fourth-order valence-electron chi connectivity index (χ4n) is 0.922. The molecule has 0 aliphatic rings. The Bertz CT molecular complexity index is 180. The van der Waals surface area contributed by atoms with E-state index >= 15 is 0 Å². The Kier molecular flexibility index (Phi) is 5.72. The summed E-state index contributed by atoms with van der Waals surface area (Å²) in [5.41, 5.74) is -0.434. The number of carbonyl (C=O) groups excluding carboxylic acids is 1. The molecule has 0 radical (unpaired) electrons. The molecule has 0 aromatic rings. The molecule has 84 valence electrons. The molecular formula is C10H21NO3. The Morgan fingerprint density at radius 2 is 2.14 bits per heavy atom. The number of esters is 1. The maximum Gasteiger partial charge on any atom is 0.308 e. The van der Waals surface area contributed by atoms with Crippen molar-refractivity contribution in [3.05, 3.63) is 0 Å². The lowest BCUT2D eigenvalue weighted by Gasteiger charge is -2.23. The Hall–Kier alpha value is -0.610. The minimum Gasteiger partial charge on any atom is -0.460 e. The summed E-state index contributed by atoms with van der Waals surface area (Å²) in [5, 5.41) is 12.1. The van der Waals surface area contributed by atoms with Crippen molar-refractivity contribution < 1.29 is 14.6 Å². The molecule has 4 nitrogen and oxygen atoms in total. The lowest BCUT2D eigenvalue weighted by atomic mass is 10.1. The number of rotatable bonds is 6. The average Bonchev–Trinajstić information content (AvgIpc) is 2.03. The van der Waals surface area contributed by atoms with Crippen LogP contribution >= 0.6 is 0 Å². The molecule has 2 N–H and O–H groups in total. The summed E-state index contributed by atoms with van der Waals surface area (Å²) in [5.74, 6) is -0.348. The minimum absolute atomic E-state index is 0.0459. The fourth-order valence-corrected chi connectivity index (χ4v) is 0.922. The molecular weight excluding hydrogens is 182 g/mol. The summed E-state index contributed by atoms with van der Waals surface area (Å²) in [6.45, 7) is 6.07. The van der Waals surface area contributed by atoms with Crippen molar-refractivity contribution in [3.8, 4) is 0 Å². The van der Waals surface area contributed by atoms with Gasteiger partial charge in [0, 0.05) is 6.54 Å². The Morgan fingerprint density at radius 1 is 1.57 bits per heavy atom. The van der Waals surface area contributed by atoms with E-state index in [9.17, 15) is 9.90 Å². The molecule has 14 heavy (non-hydrogen) atoms. The highest BCUT2D eigenvalue weighted by molar-refractivity contribution is 5.70. The summed E-state index contributed by atoms with van der Waals surface area (Å²) in [6.07, 6.45) is 0.144. The van der Waals surface area contributed by atoms with E-state index in [1.54, 1.807) is 7.05 Å². The highest BCUT2D eigenvalue weighted by Gasteiger charge is 2.21. The summed E-state index contributed by atoms with van der Waals surface area (Å²) in [4.78, 5) is 11.3. The van der Waals surface area contributed by atoms with E-state index in [0.717, 1.165) is 6.42 Å². The van der Waals surface area contributed by atoms with Crippen molar-refractivity contribution in [1.29, 1.82) is 0 Å². The SMILES string of the molecule is CCC(C)(C)OC(=O)CC(O)CNC. The number of hydrogen-bond donors (Lipinski definition) is 2. The topological polar surface area (TPSA) is 58.6 Å². The third-order valence-electron chi connectivity index (χ3n) is 2.08. The smallest absolute Gasteiger partial charge is 0.308 e. The van der Waals surface area contributed by atoms with E-state index in [4.69, 9.17) is 4.74 Å². The lowest BCUT2D eigenvalue weighted by molar-refractivity contribution is -0.158. The van der Waals surface area contributed by atoms with Crippen LogP contribution in [0.4, 0.5) is 0 Å². The Balaban J connectivity index is 3.86. The summed E-state index contributed by atoms with van der Waals surface area (Å²) in [6, 6.07) is 0. The van der Waals surface area contributed by atoms with Crippen LogP contribution in [0.1, 0.15) is 33.6 Å². The van der Waals surface area contributed by atoms with Gasteiger partial charge in [0.1, 0.15) is 5.60 Å². The van der Waals surface area contributed by atoms with Gasteiger partial charge in [0.2, 0.25) is 0 Å². The van der Waals surface area contributed by atoms with E-state index in [1.165, 1.54) is 0 Å². The highest BCUT2D eigenvalue weighted by Crippen LogP contribution is 2.14. The van der Waals surface area contributed by atoms with Gasteiger partial charge >= 0.3 is 5.97 Å². The van der Waals surface area contributed by atoms with Crippen molar-refractivity contribution in [1.82, 2.24) is 5.32 Å². The van der Waals surface area contributed by atoms with Crippen LogP contribution in [0.3, 0.4) is 0 Å². The first-order valence-electron chi connectivity index (χ1n) is 4.95. The predicted octanol–water partition coefficient (Wildman–Crippen LogP) is 0.689. The maximum absolute atomic E-state index is 11.3. The van der Waals surface area contributed by atoms with Gasteiger partial charge in [-0.3, -0.25) is 4.79 Å². The lowest BCUT2D eigenvalue weighted by Crippen LogP contribution is -2.31. The van der Waals surface area contributed by atoms with Gasteiger partial charge < -0.3 is 15.2 Å². The van der Waals surface area contributed by atoms with Crippen LogP contribution < -0.4 is 5.32 Å². The van der Waals surface area contributed by atoms with Gasteiger partial charge in [-0.25, -0.2) is 0 Å². The number of hydrogen-bond acceptors (Lipinski definition) is 4. The van der Waals surface area contributed by atoms with Gasteiger partial charge in [0.15, 0.2) is 0 Å². The molecule has 0 aromatic carbocycles. The molecule has 0 aromatic heterocycles. The van der Waals surface area contributed by atoms with Crippen LogP contribution in [-0.2, 0) is 9.53 Å². The monoisotopic (exact) mass is 203 g/mol. The van der Waals surface area contributed by atoms with Crippen molar-refractivity contribution in [2.75, 3.05) is 13.6 Å². The molecule has 0 saturated carbocycles. The van der Waals surface area contributed by atoms with Crippen molar-refractivity contribution in [2.45, 2.75) is 45.3 Å². The molecule has 1 unspecified atom stereocenters. The summed E-state index contributed by atoms with van der Waals surface area (Å²) in [7, 11) is 1.73. The van der Waals surface area contributed by atoms with Crippen LogP contribution in [0.25, 0.3) is 0 Å². The van der Waals surface area contributed by atoms with Crippen LogP contribution in [0, 0.1) is 0 Å². The van der Waals surface area contributed by atoms with Crippen LogP contribution in [0.2, 0.25) is 0 Å². The van der Waals surface area contributed by atoms with Crippen LogP contribution in [-0.4, -0.2) is 36.4 Å². The van der Waals surface area contributed by atoms with Crippen molar-refractivity contribution in [2.24, 2.45) is 0 Å². The molecule has 0 amide bonds. The first kappa shape index (κ1) is 13.4. The second-order valence-corrected chi connectivity index (χ2v) is 4.00. The predicted molar refractivity (Wildman–Crippen MR) is 55.0 cm³/mol. The van der Waals surface area contributed by atoms with Gasteiger partial charge in [-0.05, 0) is 27.3 Å². The number of aliphatic hydroxyl groups is 1. The Morgan fingerprint density at radius 3 is 2.57 bits per heavy atom. The molecule has 0 aliphatic heterocycles. The van der Waals surface area contributed by atoms with E-state index in [2.05, 4.69) is 5.32 Å². The fraction of sp³-hybridized carbons (Fsp3) is 0.900. The molecule has 1 atom stereocenters. The van der Waals surface area contributed by atoms with Gasteiger partial charge in [0.25, 0.3) is 0 Å². The first-order valence-corrected chi connectivity index (χ1v) is 4.95. The van der Waals surface area contributed by atoms with E-state index in [0.29, 0.717) is 6.54 Å². The molecule has 0 saturated heterocycles. The van der Waals surface area contributed by atoms with E-state index in [-0.39, 0.29) is 12.4 Å². The molecule has 0 aliphatic carbocycles. The van der Waals surface area contributed by atoms with Crippen molar-refractivity contribution in [3.63, 3.8) is 0 Å². The largest absolute Gasteiger partial charge is 0.460 e. The maximum atomic E-state index is 11.3. The van der Waals surface area contributed by atoms with Gasteiger partial charge in [-0.2, -0.15) is 0 Å². The zero-order valence-electron chi connectivity index (χ0n) is 9.46. The molecule has 0 bridgehead atoms. The first-order chi connectivity index (χ1) is 6.41. The van der Waals surface area contributed by atoms with Crippen molar-refractivity contribution >= 4 is 5.97 Å². The summed E-state index contributed by atoms with van der Waals surface area (Å²) >= 11 is 0. The minimum atomic E-state index is -0.667. The number of carbonyl (C=O) groups is 1. The second kappa shape index (κ2) is 5.98. The zero-order chi connectivity index (χ0) is 11.2. The number of aliphatic hydroxyl groups excluding tert-OH is 1. The molecule has 4 heteroatoms. The van der Waals surface area contributed by atoms with E-state index in [1.807, 2.05) is 20.8 Å². The third kappa shape index (κ3) is 5.94. The van der Waals surface area contributed by atoms with Gasteiger partial charge in [-0.1, -0.05) is 6.92 Å². The number of likely N-dealkylation sites (N-methyl/N-ethyl adjacent to an activating group) is 1. The Labute approximate surface area is 85.6 Å². The standard InChI is InChI=1S/C10H21NO3/c1-5-10(2,3)14-9(13)6-8(12)7-11-4/h8,11-12H,5-7H2,1-4H3. The zero-order valence-corrected chi connectivity index (χ0v) is 9.46. The molecule has 0 rings (SSSR count). The van der Waals surface area contributed by atoms with E-state index < -0.39 is 11.7 Å².